The number of urea groups is 1. The van der Waals surface area contributed by atoms with E-state index in [1.165, 1.54) is 17.7 Å². The molecule has 0 atom stereocenters. The molecule has 2 rings (SSSR count). The van der Waals surface area contributed by atoms with Crippen LogP contribution in [-0.4, -0.2) is 35.1 Å². The zero-order chi connectivity index (χ0) is 13.7. The van der Waals surface area contributed by atoms with Crippen LogP contribution in [0.4, 0.5) is 4.79 Å². The molecule has 8 heteroatoms. The first-order valence-corrected chi connectivity index (χ1v) is 6.47. The average molecular weight is 280 g/mol. The molecule has 2 N–H and O–H groups in total. The van der Waals surface area contributed by atoms with Crippen LogP contribution in [0.15, 0.2) is 17.8 Å². The summed E-state index contributed by atoms with van der Waals surface area (Å²) >= 11 is 1.46. The molecule has 3 amide bonds. The summed E-state index contributed by atoms with van der Waals surface area (Å²) in [5.74, 6) is -0.203. The fourth-order valence-corrected chi connectivity index (χ4v) is 2.11. The number of imide groups is 1. The van der Waals surface area contributed by atoms with Crippen molar-refractivity contribution < 1.29 is 14.3 Å². The van der Waals surface area contributed by atoms with E-state index < -0.39 is 11.9 Å². The van der Waals surface area contributed by atoms with Gasteiger partial charge in [0.05, 0.1) is 5.39 Å². The lowest BCUT2D eigenvalue weighted by Gasteiger charge is -2.06. The van der Waals surface area contributed by atoms with Crippen LogP contribution < -0.4 is 15.4 Å². The van der Waals surface area contributed by atoms with Crippen molar-refractivity contribution in [2.75, 3.05) is 13.2 Å². The molecule has 19 heavy (non-hydrogen) atoms. The number of aromatic nitrogens is 2. The lowest BCUT2D eigenvalue weighted by Crippen LogP contribution is -2.41. The van der Waals surface area contributed by atoms with Crippen molar-refractivity contribution in [1.29, 1.82) is 0 Å². The topological polar surface area (TPSA) is 93.2 Å². The number of thiophene rings is 1. The van der Waals surface area contributed by atoms with E-state index in [9.17, 15) is 9.59 Å². The zero-order valence-electron chi connectivity index (χ0n) is 10.2. The maximum Gasteiger partial charge on any atom is 0.321 e. The molecule has 7 nitrogen and oxygen atoms in total. The van der Waals surface area contributed by atoms with Gasteiger partial charge in [0, 0.05) is 6.54 Å². The molecule has 0 spiro atoms. The van der Waals surface area contributed by atoms with Crippen LogP contribution >= 0.6 is 11.3 Å². The minimum atomic E-state index is -0.542. The second-order valence-corrected chi connectivity index (χ2v) is 4.41. The molecule has 0 aromatic carbocycles. The summed E-state index contributed by atoms with van der Waals surface area (Å²) in [5, 5.41) is 7.20. The SMILES string of the molecule is CCNC(=O)NC(=O)COc1ncnc2sccc12. The van der Waals surface area contributed by atoms with E-state index in [4.69, 9.17) is 4.74 Å². The first kappa shape index (κ1) is 13.2. The summed E-state index contributed by atoms with van der Waals surface area (Å²) in [5.41, 5.74) is 0. The van der Waals surface area contributed by atoms with Crippen LogP contribution in [0.5, 0.6) is 5.88 Å². The van der Waals surface area contributed by atoms with Gasteiger partial charge in [-0.25, -0.2) is 14.8 Å². The molecule has 2 heterocycles. The molecule has 0 bridgehead atoms. The van der Waals surface area contributed by atoms with Crippen LogP contribution in [-0.2, 0) is 4.79 Å². The van der Waals surface area contributed by atoms with E-state index in [2.05, 4.69) is 20.6 Å². The third-order valence-electron chi connectivity index (χ3n) is 2.16. The van der Waals surface area contributed by atoms with Crippen LogP contribution in [0.1, 0.15) is 6.92 Å². The van der Waals surface area contributed by atoms with Gasteiger partial charge in [-0.15, -0.1) is 11.3 Å². The summed E-state index contributed by atoms with van der Waals surface area (Å²) in [6.45, 7) is 1.93. The molecule has 0 unspecified atom stereocenters. The van der Waals surface area contributed by atoms with Crippen LogP contribution in [0, 0.1) is 0 Å². The molecule has 0 aliphatic rings. The minimum absolute atomic E-state index is 0.279. The number of nitrogens with one attached hydrogen (secondary N) is 2. The van der Waals surface area contributed by atoms with Crippen LogP contribution in [0.25, 0.3) is 10.2 Å². The van der Waals surface area contributed by atoms with Crippen molar-refractivity contribution in [3.63, 3.8) is 0 Å². The quantitative estimate of drug-likeness (QED) is 0.868. The molecular formula is C11H12N4O3S. The lowest BCUT2D eigenvalue weighted by atomic mass is 10.4. The van der Waals surface area contributed by atoms with Gasteiger partial charge in [-0.2, -0.15) is 0 Å². The second-order valence-electron chi connectivity index (χ2n) is 3.51. The van der Waals surface area contributed by atoms with Gasteiger partial charge in [-0.3, -0.25) is 10.1 Å². The number of hydrogen-bond acceptors (Lipinski definition) is 6. The molecule has 2 aromatic rings. The number of rotatable bonds is 4. The molecule has 0 saturated heterocycles. The largest absolute Gasteiger partial charge is 0.467 e. The Hall–Kier alpha value is -2.22. The van der Waals surface area contributed by atoms with E-state index in [1.807, 2.05) is 11.4 Å². The molecule has 0 radical (unpaired) electrons. The smallest absolute Gasteiger partial charge is 0.321 e. The average Bonchev–Trinajstić information content (AvgIpc) is 2.85. The second kappa shape index (κ2) is 6.10. The number of fused-ring (bicyclic) bond motifs is 1. The van der Waals surface area contributed by atoms with Crippen molar-refractivity contribution in [3.05, 3.63) is 17.8 Å². The molecule has 100 valence electrons. The van der Waals surface area contributed by atoms with Gasteiger partial charge in [-0.1, -0.05) is 0 Å². The van der Waals surface area contributed by atoms with Crippen LogP contribution in [0.3, 0.4) is 0 Å². The fourth-order valence-electron chi connectivity index (χ4n) is 1.38. The number of amides is 3. The Morgan fingerprint density at radius 1 is 1.42 bits per heavy atom. The molecule has 0 aliphatic carbocycles. The van der Waals surface area contributed by atoms with Gasteiger partial charge in [0.2, 0.25) is 5.88 Å². The van der Waals surface area contributed by atoms with Crippen molar-refractivity contribution in [2.24, 2.45) is 0 Å². The Morgan fingerprint density at radius 3 is 3.05 bits per heavy atom. The highest BCUT2D eigenvalue weighted by Crippen LogP contribution is 2.25. The molecular weight excluding hydrogens is 268 g/mol. The van der Waals surface area contributed by atoms with Crippen molar-refractivity contribution in [3.8, 4) is 5.88 Å². The predicted molar refractivity (Wildman–Crippen MR) is 70.1 cm³/mol. The highest BCUT2D eigenvalue weighted by Gasteiger charge is 2.10. The number of nitrogens with zero attached hydrogens (tertiary/aromatic N) is 2. The highest BCUT2D eigenvalue weighted by molar-refractivity contribution is 7.16. The van der Waals surface area contributed by atoms with Crippen molar-refractivity contribution in [1.82, 2.24) is 20.6 Å². The Balaban J connectivity index is 1.93. The monoisotopic (exact) mass is 280 g/mol. The Kier molecular flexibility index (Phi) is 4.24. The minimum Gasteiger partial charge on any atom is -0.467 e. The van der Waals surface area contributed by atoms with E-state index >= 15 is 0 Å². The summed E-state index contributed by atoms with van der Waals surface area (Å²) in [7, 11) is 0. The third-order valence-corrected chi connectivity index (χ3v) is 2.98. The molecule has 0 saturated carbocycles. The van der Waals surface area contributed by atoms with Crippen molar-refractivity contribution in [2.45, 2.75) is 6.92 Å². The van der Waals surface area contributed by atoms with E-state index in [0.29, 0.717) is 12.4 Å². The van der Waals surface area contributed by atoms with Gasteiger partial charge < -0.3 is 10.1 Å². The Labute approximate surface area is 113 Å². The number of carbonyl (C=O) groups excluding carboxylic acids is 2. The Morgan fingerprint density at radius 2 is 2.26 bits per heavy atom. The van der Waals surface area contributed by atoms with Gasteiger partial charge in [0.25, 0.3) is 5.91 Å². The number of hydrogen-bond donors (Lipinski definition) is 2. The summed E-state index contributed by atoms with van der Waals surface area (Å²) < 4.78 is 5.28. The van der Waals surface area contributed by atoms with Gasteiger partial charge in [0.15, 0.2) is 6.61 Å². The van der Waals surface area contributed by atoms with Gasteiger partial charge >= 0.3 is 6.03 Å². The zero-order valence-corrected chi connectivity index (χ0v) is 11.0. The normalized spacial score (nSPS) is 10.2. The number of carbonyl (C=O) groups is 2. The molecule has 0 fully saturated rings. The van der Waals surface area contributed by atoms with E-state index in [0.717, 1.165) is 10.2 Å². The maximum atomic E-state index is 11.4. The Bertz CT molecular complexity index is 598. The number of ether oxygens (including phenoxy) is 1. The van der Waals surface area contributed by atoms with Gasteiger partial charge in [0.1, 0.15) is 11.2 Å². The first-order chi connectivity index (χ1) is 9.20. The van der Waals surface area contributed by atoms with Crippen molar-refractivity contribution >= 4 is 33.5 Å². The van der Waals surface area contributed by atoms with E-state index in [-0.39, 0.29) is 6.61 Å². The summed E-state index contributed by atoms with van der Waals surface area (Å²) in [6.07, 6.45) is 1.37. The molecule has 0 aliphatic heterocycles. The summed E-state index contributed by atoms with van der Waals surface area (Å²) in [4.78, 5) is 31.4. The van der Waals surface area contributed by atoms with Crippen LogP contribution in [0.2, 0.25) is 0 Å². The first-order valence-electron chi connectivity index (χ1n) is 5.59. The third kappa shape index (κ3) is 3.38. The van der Waals surface area contributed by atoms with Gasteiger partial charge in [-0.05, 0) is 18.4 Å². The fraction of sp³-hybridized carbons (Fsp3) is 0.273. The lowest BCUT2D eigenvalue weighted by molar-refractivity contribution is -0.122. The predicted octanol–water partition coefficient (Wildman–Crippen LogP) is 0.916. The maximum absolute atomic E-state index is 11.4. The standard InChI is InChI=1S/C11H12N4O3S/c1-2-12-11(17)15-8(16)5-18-9-7-3-4-19-10(7)14-6-13-9/h3-4,6H,2,5H2,1H3,(H2,12,15,16,17). The van der Waals surface area contributed by atoms with E-state index in [1.54, 1.807) is 6.92 Å². The highest BCUT2D eigenvalue weighted by atomic mass is 32.1. The summed E-state index contributed by atoms with van der Waals surface area (Å²) in [6, 6.07) is 1.27. The molecule has 2 aromatic heterocycles.